The lowest BCUT2D eigenvalue weighted by Gasteiger charge is -2.15. The summed E-state index contributed by atoms with van der Waals surface area (Å²) in [5, 5.41) is 12.3. The number of aliphatic hydroxyl groups excluding tert-OH is 1. The maximum Gasteiger partial charge on any atom is 0.0434 e. The smallest absolute Gasteiger partial charge is 0.0434 e. The van der Waals surface area contributed by atoms with Crippen LogP contribution in [0.2, 0.25) is 0 Å². The van der Waals surface area contributed by atoms with Crippen LogP contribution in [0.1, 0.15) is 18.9 Å². The highest BCUT2D eigenvalue weighted by Gasteiger charge is 2.15. The van der Waals surface area contributed by atoms with E-state index < -0.39 is 0 Å². The van der Waals surface area contributed by atoms with Crippen LogP contribution in [0, 0.1) is 5.92 Å². The zero-order valence-corrected chi connectivity index (χ0v) is 10.7. The molecule has 0 amide bonds. The molecule has 0 aliphatic carbocycles. The summed E-state index contributed by atoms with van der Waals surface area (Å²) in [6.45, 7) is 4.48. The van der Waals surface area contributed by atoms with E-state index in [9.17, 15) is 0 Å². The number of anilines is 2. The van der Waals surface area contributed by atoms with Gasteiger partial charge in [-0.05, 0) is 42.5 Å². The number of nitrogens with one attached hydrogen (secondary N) is 1. The lowest BCUT2D eigenvalue weighted by Crippen LogP contribution is -2.13. The molecule has 0 aromatic heterocycles. The fraction of sp³-hybridized carbons (Fsp3) is 0.571. The van der Waals surface area contributed by atoms with E-state index in [2.05, 4.69) is 42.4 Å². The first-order valence-corrected chi connectivity index (χ1v) is 6.39. The van der Waals surface area contributed by atoms with Gasteiger partial charge in [-0.15, -0.1) is 0 Å². The normalized spacial score (nSPS) is 15.8. The van der Waals surface area contributed by atoms with Crippen LogP contribution < -0.4 is 10.2 Å². The second-order valence-corrected chi connectivity index (χ2v) is 5.01. The van der Waals surface area contributed by atoms with Crippen LogP contribution in [0.15, 0.2) is 18.2 Å². The fourth-order valence-corrected chi connectivity index (χ4v) is 2.29. The molecule has 2 rings (SSSR count). The zero-order chi connectivity index (χ0) is 12.3. The molecule has 3 heteroatoms. The molecule has 1 unspecified atom stereocenters. The van der Waals surface area contributed by atoms with Gasteiger partial charge >= 0.3 is 0 Å². The quantitative estimate of drug-likeness (QED) is 0.819. The molecule has 0 saturated heterocycles. The first-order valence-electron chi connectivity index (χ1n) is 6.39. The number of rotatable bonds is 5. The van der Waals surface area contributed by atoms with Crippen LogP contribution in [0.4, 0.5) is 11.4 Å². The first kappa shape index (κ1) is 12.2. The highest BCUT2D eigenvalue weighted by molar-refractivity contribution is 5.63. The highest BCUT2D eigenvalue weighted by Crippen LogP contribution is 2.29. The number of nitrogens with zero attached hydrogens (tertiary/aromatic N) is 1. The Bertz CT molecular complexity index is 378. The average molecular weight is 234 g/mol. The molecule has 1 atom stereocenters. The largest absolute Gasteiger partial charge is 0.396 e. The van der Waals surface area contributed by atoms with Gasteiger partial charge in [-0.1, -0.05) is 6.92 Å². The van der Waals surface area contributed by atoms with E-state index >= 15 is 0 Å². The monoisotopic (exact) mass is 234 g/mol. The number of benzene rings is 1. The van der Waals surface area contributed by atoms with Gasteiger partial charge in [-0.3, -0.25) is 0 Å². The fourth-order valence-electron chi connectivity index (χ4n) is 2.29. The van der Waals surface area contributed by atoms with Crippen molar-refractivity contribution in [3.63, 3.8) is 0 Å². The predicted octanol–water partition coefficient (Wildman–Crippen LogP) is 2.11. The molecular weight excluding hydrogens is 212 g/mol. The number of aliphatic hydroxyl groups is 1. The molecule has 0 radical (unpaired) electrons. The van der Waals surface area contributed by atoms with E-state index in [1.165, 1.54) is 16.9 Å². The third kappa shape index (κ3) is 2.91. The summed E-state index contributed by atoms with van der Waals surface area (Å²) in [6, 6.07) is 6.60. The second kappa shape index (κ2) is 5.41. The maximum absolute atomic E-state index is 8.86. The third-order valence-corrected chi connectivity index (χ3v) is 3.48. The van der Waals surface area contributed by atoms with E-state index in [-0.39, 0.29) is 6.61 Å². The first-order chi connectivity index (χ1) is 8.20. The molecule has 1 aromatic rings. The predicted molar refractivity (Wildman–Crippen MR) is 72.8 cm³/mol. The Morgan fingerprint density at radius 1 is 1.47 bits per heavy atom. The molecule has 1 aliphatic heterocycles. The van der Waals surface area contributed by atoms with Crippen LogP contribution >= 0.6 is 0 Å². The third-order valence-electron chi connectivity index (χ3n) is 3.48. The van der Waals surface area contributed by atoms with Crippen molar-refractivity contribution < 1.29 is 5.11 Å². The van der Waals surface area contributed by atoms with E-state index in [0.717, 1.165) is 25.9 Å². The average Bonchev–Trinajstić information content (AvgIpc) is 2.69. The Balaban J connectivity index is 1.94. The van der Waals surface area contributed by atoms with Gasteiger partial charge in [0, 0.05) is 38.1 Å². The molecule has 0 saturated carbocycles. The Morgan fingerprint density at radius 3 is 3.06 bits per heavy atom. The standard InChI is InChI=1S/C14H22N2O/c1-11(6-8-17)10-15-13-3-4-14-12(9-13)5-7-16(14)2/h3-4,9,11,15,17H,5-8,10H2,1-2H3. The summed E-state index contributed by atoms with van der Waals surface area (Å²) >= 11 is 0. The SMILES string of the molecule is CC(CCO)CNc1ccc2c(c1)CCN2C. The van der Waals surface area contributed by atoms with E-state index in [0.29, 0.717) is 5.92 Å². The van der Waals surface area contributed by atoms with Gasteiger partial charge in [-0.2, -0.15) is 0 Å². The minimum atomic E-state index is 0.276. The Hall–Kier alpha value is -1.22. The minimum Gasteiger partial charge on any atom is -0.396 e. The van der Waals surface area contributed by atoms with Crippen molar-refractivity contribution in [3.05, 3.63) is 23.8 Å². The van der Waals surface area contributed by atoms with Crippen LogP contribution in [-0.2, 0) is 6.42 Å². The van der Waals surface area contributed by atoms with Crippen molar-refractivity contribution in [2.24, 2.45) is 5.92 Å². The topological polar surface area (TPSA) is 35.5 Å². The van der Waals surface area contributed by atoms with Gasteiger partial charge in [0.25, 0.3) is 0 Å². The Kier molecular flexibility index (Phi) is 3.89. The number of hydrogen-bond acceptors (Lipinski definition) is 3. The molecule has 1 aliphatic rings. The molecule has 1 heterocycles. The summed E-state index contributed by atoms with van der Waals surface area (Å²) in [5.74, 6) is 0.510. The zero-order valence-electron chi connectivity index (χ0n) is 10.7. The van der Waals surface area contributed by atoms with Gasteiger partial charge in [0.1, 0.15) is 0 Å². The molecule has 2 N–H and O–H groups in total. The molecule has 0 fully saturated rings. The van der Waals surface area contributed by atoms with Crippen LogP contribution in [0.5, 0.6) is 0 Å². The van der Waals surface area contributed by atoms with Crippen molar-refractivity contribution in [2.75, 3.05) is 37.0 Å². The van der Waals surface area contributed by atoms with E-state index in [1.54, 1.807) is 0 Å². The van der Waals surface area contributed by atoms with Gasteiger partial charge in [-0.25, -0.2) is 0 Å². The van der Waals surface area contributed by atoms with Gasteiger partial charge < -0.3 is 15.3 Å². The molecule has 1 aromatic carbocycles. The summed E-state index contributed by atoms with van der Waals surface area (Å²) < 4.78 is 0. The molecule has 17 heavy (non-hydrogen) atoms. The molecule has 0 bridgehead atoms. The summed E-state index contributed by atoms with van der Waals surface area (Å²) in [4.78, 5) is 2.30. The highest BCUT2D eigenvalue weighted by atomic mass is 16.3. The van der Waals surface area contributed by atoms with Gasteiger partial charge in [0.15, 0.2) is 0 Å². The van der Waals surface area contributed by atoms with Crippen molar-refractivity contribution in [1.29, 1.82) is 0 Å². The number of fused-ring (bicyclic) bond motifs is 1. The van der Waals surface area contributed by atoms with E-state index in [1.807, 2.05) is 0 Å². The van der Waals surface area contributed by atoms with Crippen LogP contribution in [0.3, 0.4) is 0 Å². The van der Waals surface area contributed by atoms with Crippen molar-refractivity contribution >= 4 is 11.4 Å². The Labute approximate surface area is 103 Å². The van der Waals surface area contributed by atoms with Gasteiger partial charge in [0.05, 0.1) is 0 Å². The van der Waals surface area contributed by atoms with Crippen molar-refractivity contribution in [3.8, 4) is 0 Å². The summed E-state index contributed by atoms with van der Waals surface area (Å²) in [5.41, 5.74) is 4.00. The van der Waals surface area contributed by atoms with Gasteiger partial charge in [0.2, 0.25) is 0 Å². The molecular formula is C14H22N2O. The van der Waals surface area contributed by atoms with E-state index in [4.69, 9.17) is 5.11 Å². The lowest BCUT2D eigenvalue weighted by molar-refractivity contribution is 0.266. The maximum atomic E-state index is 8.86. The molecule has 3 nitrogen and oxygen atoms in total. The Morgan fingerprint density at radius 2 is 2.29 bits per heavy atom. The lowest BCUT2D eigenvalue weighted by atomic mass is 10.1. The van der Waals surface area contributed by atoms with Crippen molar-refractivity contribution in [1.82, 2.24) is 0 Å². The second-order valence-electron chi connectivity index (χ2n) is 5.01. The minimum absolute atomic E-state index is 0.276. The van der Waals surface area contributed by atoms with Crippen LogP contribution in [-0.4, -0.2) is 31.9 Å². The number of hydrogen-bond donors (Lipinski definition) is 2. The summed E-state index contributed by atoms with van der Waals surface area (Å²) in [7, 11) is 2.14. The van der Waals surface area contributed by atoms with Crippen molar-refractivity contribution in [2.45, 2.75) is 19.8 Å². The molecule has 94 valence electrons. The summed E-state index contributed by atoms with van der Waals surface area (Å²) in [6.07, 6.45) is 2.01. The van der Waals surface area contributed by atoms with Crippen LogP contribution in [0.25, 0.3) is 0 Å². The number of likely N-dealkylation sites (N-methyl/N-ethyl adjacent to an activating group) is 1. The molecule has 0 spiro atoms.